The molecule has 7 nitrogen and oxygen atoms in total. The maximum Gasteiger partial charge on any atom is 0.167 e. The molecule has 2 atom stereocenters. The number of nitrogens with zero attached hydrogens (tertiary/aromatic N) is 6. The van der Waals surface area contributed by atoms with Gasteiger partial charge in [0.1, 0.15) is 29.0 Å². The van der Waals surface area contributed by atoms with Crippen LogP contribution in [0.3, 0.4) is 0 Å². The quantitative estimate of drug-likeness (QED) is 0.331. The number of nitriles is 1. The van der Waals surface area contributed by atoms with Crippen LogP contribution in [-0.4, -0.2) is 53.9 Å². The van der Waals surface area contributed by atoms with E-state index in [2.05, 4.69) is 14.8 Å². The summed E-state index contributed by atoms with van der Waals surface area (Å²) in [6, 6.07) is 13.5. The van der Waals surface area contributed by atoms with Crippen molar-refractivity contribution in [1.29, 1.82) is 5.26 Å². The van der Waals surface area contributed by atoms with Crippen LogP contribution in [0.4, 0.5) is 20.2 Å². The Kier molecular flexibility index (Phi) is 6.35. The predicted molar refractivity (Wildman–Crippen MR) is 150 cm³/mol. The van der Waals surface area contributed by atoms with Gasteiger partial charge in [-0.1, -0.05) is 12.8 Å². The zero-order valence-electron chi connectivity index (χ0n) is 22.2. The number of aromatic nitrogens is 3. The van der Waals surface area contributed by atoms with Gasteiger partial charge in [0.25, 0.3) is 0 Å². The van der Waals surface area contributed by atoms with E-state index in [0.717, 1.165) is 63.6 Å². The third-order valence-electron chi connectivity index (χ3n) is 8.60. The number of benzene rings is 2. The Hall–Kier alpha value is -4.03. The van der Waals surface area contributed by atoms with Crippen LogP contribution in [0.2, 0.25) is 0 Å². The normalized spacial score (nSPS) is 21.0. The van der Waals surface area contributed by atoms with Crippen molar-refractivity contribution >= 4 is 22.5 Å². The zero-order valence-corrected chi connectivity index (χ0v) is 22.2. The molecule has 2 aromatic heterocycles. The molecule has 5 heterocycles. The van der Waals surface area contributed by atoms with Gasteiger partial charge < -0.3 is 14.5 Å². The maximum absolute atomic E-state index is 16.0. The molecule has 0 radical (unpaired) electrons. The molecule has 3 aliphatic rings. The van der Waals surface area contributed by atoms with E-state index in [1.54, 1.807) is 29.0 Å². The van der Waals surface area contributed by atoms with Crippen LogP contribution >= 0.6 is 0 Å². The number of halogens is 2. The van der Waals surface area contributed by atoms with Gasteiger partial charge in [-0.2, -0.15) is 5.26 Å². The first kappa shape index (κ1) is 25.0. The average molecular weight is 541 g/mol. The zero-order chi connectivity index (χ0) is 27.2. The molecule has 0 aliphatic carbocycles. The monoisotopic (exact) mass is 540 g/mol. The van der Waals surface area contributed by atoms with Gasteiger partial charge in [0.15, 0.2) is 5.65 Å². The largest absolute Gasteiger partial charge is 0.381 e. The molecular weight excluding hydrogens is 510 g/mol. The van der Waals surface area contributed by atoms with Crippen LogP contribution in [0.5, 0.6) is 0 Å². The van der Waals surface area contributed by atoms with Crippen molar-refractivity contribution in [2.75, 3.05) is 49.2 Å². The summed E-state index contributed by atoms with van der Waals surface area (Å²) in [4.78, 5) is 14.2. The molecule has 3 aliphatic heterocycles. The minimum Gasteiger partial charge on any atom is -0.381 e. The maximum atomic E-state index is 16.0. The first-order valence-electron chi connectivity index (χ1n) is 14.1. The minimum absolute atomic E-state index is 0.0499. The lowest BCUT2D eigenvalue weighted by atomic mass is 10.0. The van der Waals surface area contributed by atoms with E-state index >= 15 is 4.39 Å². The van der Waals surface area contributed by atoms with Gasteiger partial charge in [-0.3, -0.25) is 4.57 Å². The van der Waals surface area contributed by atoms with Crippen molar-refractivity contribution in [1.82, 2.24) is 14.5 Å². The number of anilines is 2. The molecule has 0 spiro atoms. The van der Waals surface area contributed by atoms with Gasteiger partial charge in [-0.05, 0) is 55.3 Å². The summed E-state index contributed by atoms with van der Waals surface area (Å²) < 4.78 is 38.1. The fourth-order valence-electron chi connectivity index (χ4n) is 6.47. The van der Waals surface area contributed by atoms with Crippen LogP contribution in [0.25, 0.3) is 28.2 Å². The van der Waals surface area contributed by atoms with Crippen molar-refractivity contribution in [2.45, 2.75) is 25.7 Å². The molecule has 40 heavy (non-hydrogen) atoms. The van der Waals surface area contributed by atoms with Crippen LogP contribution in [0, 0.1) is 34.8 Å². The standard InChI is InChI=1S/C31H30F2N6O/c32-25-13-20(5-6-21(25)15-34)30-36-29-28(37-11-3-1-2-4-12-37)9-10-35-31(29)39(30)27-8-7-24(14-26(27)33)38-16-22-18-40-19-23(22)17-38/h5-10,13-14,22-23H,1-4,11-12,16-19H2. The molecule has 3 fully saturated rings. The molecule has 0 saturated carbocycles. The molecule has 0 amide bonds. The van der Waals surface area contributed by atoms with Gasteiger partial charge in [0.2, 0.25) is 0 Å². The summed E-state index contributed by atoms with van der Waals surface area (Å²) in [5.41, 5.74) is 3.65. The van der Waals surface area contributed by atoms with Crippen molar-refractivity contribution < 1.29 is 13.5 Å². The second-order valence-electron chi connectivity index (χ2n) is 11.1. The number of pyridine rings is 1. The van der Waals surface area contributed by atoms with Gasteiger partial charge in [0.05, 0.1) is 30.2 Å². The highest BCUT2D eigenvalue weighted by Gasteiger charge is 2.37. The number of rotatable bonds is 4. The third-order valence-corrected chi connectivity index (χ3v) is 8.60. The topological polar surface area (TPSA) is 70.2 Å². The molecular formula is C31H30F2N6O. The number of hydrogen-bond donors (Lipinski definition) is 0. The predicted octanol–water partition coefficient (Wildman–Crippen LogP) is 5.70. The van der Waals surface area contributed by atoms with Crippen LogP contribution in [0.15, 0.2) is 48.7 Å². The minimum atomic E-state index is -0.640. The van der Waals surface area contributed by atoms with E-state index in [1.165, 1.54) is 25.0 Å². The highest BCUT2D eigenvalue weighted by Crippen LogP contribution is 2.37. The van der Waals surface area contributed by atoms with E-state index in [4.69, 9.17) is 9.72 Å². The molecule has 204 valence electrons. The van der Waals surface area contributed by atoms with Crippen molar-refractivity contribution in [3.05, 3.63) is 65.9 Å². The summed E-state index contributed by atoms with van der Waals surface area (Å²) in [5.74, 6) is 0.313. The summed E-state index contributed by atoms with van der Waals surface area (Å²) in [6.07, 6.45) is 6.31. The third kappa shape index (κ3) is 4.27. The lowest BCUT2D eigenvalue weighted by Crippen LogP contribution is -2.24. The molecule has 9 heteroatoms. The smallest absolute Gasteiger partial charge is 0.167 e. The van der Waals surface area contributed by atoms with E-state index in [1.807, 2.05) is 18.2 Å². The van der Waals surface area contributed by atoms with E-state index < -0.39 is 11.6 Å². The number of ether oxygens (including phenoxy) is 1. The Bertz CT molecular complexity index is 1610. The van der Waals surface area contributed by atoms with Gasteiger partial charge >= 0.3 is 0 Å². The summed E-state index contributed by atoms with van der Waals surface area (Å²) in [5, 5.41) is 9.25. The number of fused-ring (bicyclic) bond motifs is 2. The molecule has 2 aromatic carbocycles. The molecule has 0 bridgehead atoms. The average Bonchev–Trinajstić information content (AvgIpc) is 3.61. The number of imidazole rings is 1. The Labute approximate surface area is 231 Å². The molecule has 2 unspecified atom stereocenters. The Morgan fingerprint density at radius 3 is 2.33 bits per heavy atom. The Morgan fingerprint density at radius 2 is 1.62 bits per heavy atom. The van der Waals surface area contributed by atoms with E-state index in [-0.39, 0.29) is 5.56 Å². The first-order valence-corrected chi connectivity index (χ1v) is 14.1. The second-order valence-corrected chi connectivity index (χ2v) is 11.1. The second kappa shape index (κ2) is 10.2. The van der Waals surface area contributed by atoms with Crippen molar-refractivity contribution in [3.63, 3.8) is 0 Å². The first-order chi connectivity index (χ1) is 19.6. The highest BCUT2D eigenvalue weighted by atomic mass is 19.1. The van der Waals surface area contributed by atoms with Gasteiger partial charge in [-0.15, -0.1) is 0 Å². The summed E-state index contributed by atoms with van der Waals surface area (Å²) in [6.45, 7) is 5.07. The van der Waals surface area contributed by atoms with Gasteiger partial charge in [-0.25, -0.2) is 18.7 Å². The van der Waals surface area contributed by atoms with Crippen molar-refractivity contribution in [2.24, 2.45) is 11.8 Å². The van der Waals surface area contributed by atoms with E-state index in [9.17, 15) is 9.65 Å². The van der Waals surface area contributed by atoms with Crippen LogP contribution in [-0.2, 0) is 4.74 Å². The summed E-state index contributed by atoms with van der Waals surface area (Å²) >= 11 is 0. The highest BCUT2D eigenvalue weighted by molar-refractivity contribution is 5.90. The lowest BCUT2D eigenvalue weighted by Gasteiger charge is -2.22. The fraction of sp³-hybridized carbons (Fsp3) is 0.387. The van der Waals surface area contributed by atoms with Crippen LogP contribution < -0.4 is 9.80 Å². The number of hydrogen-bond acceptors (Lipinski definition) is 6. The Balaban J connectivity index is 1.36. The van der Waals surface area contributed by atoms with Crippen molar-refractivity contribution in [3.8, 4) is 23.1 Å². The molecule has 4 aromatic rings. The molecule has 7 rings (SSSR count). The summed E-state index contributed by atoms with van der Waals surface area (Å²) in [7, 11) is 0. The van der Waals surface area contributed by atoms with Gasteiger partial charge in [0, 0.05) is 55.5 Å². The molecule has 0 N–H and O–H groups in total. The van der Waals surface area contributed by atoms with E-state index in [0.29, 0.717) is 40.1 Å². The molecule has 3 saturated heterocycles. The SMILES string of the molecule is N#Cc1ccc(-c2nc3c(N4CCCCCC4)ccnc3n2-c2ccc(N3CC4COCC4C3)cc2F)cc1F. The van der Waals surface area contributed by atoms with Crippen LogP contribution in [0.1, 0.15) is 31.2 Å². The Morgan fingerprint density at radius 1 is 0.850 bits per heavy atom. The fourth-order valence-corrected chi connectivity index (χ4v) is 6.47. The lowest BCUT2D eigenvalue weighted by molar-refractivity contribution is 0.177.